The summed E-state index contributed by atoms with van der Waals surface area (Å²) in [7, 11) is 2.24. The molecule has 0 aliphatic carbocycles. The molecule has 1 unspecified atom stereocenters. The number of rotatable bonds is 5. The Labute approximate surface area is 123 Å². The molecule has 1 N–H and O–H groups in total. The zero-order valence-electron chi connectivity index (χ0n) is 13.1. The molecule has 0 amide bonds. The Morgan fingerprint density at radius 1 is 1.30 bits per heavy atom. The van der Waals surface area contributed by atoms with E-state index in [4.69, 9.17) is 4.74 Å². The van der Waals surface area contributed by atoms with E-state index >= 15 is 0 Å². The molecule has 1 atom stereocenters. The molecule has 0 radical (unpaired) electrons. The molecule has 0 spiro atoms. The summed E-state index contributed by atoms with van der Waals surface area (Å²) >= 11 is 0. The highest BCUT2D eigenvalue weighted by molar-refractivity contribution is 5.28. The highest BCUT2D eigenvalue weighted by Crippen LogP contribution is 2.19. The number of hydrogen-bond donors (Lipinski definition) is 1. The molecule has 112 valence electrons. The number of hydrogen-bond acceptors (Lipinski definition) is 3. The van der Waals surface area contributed by atoms with Gasteiger partial charge in [-0.3, -0.25) is 4.90 Å². The minimum Gasteiger partial charge on any atom is -0.491 e. The van der Waals surface area contributed by atoms with Gasteiger partial charge in [-0.1, -0.05) is 12.1 Å². The molecule has 1 aliphatic heterocycles. The van der Waals surface area contributed by atoms with E-state index in [1.165, 1.54) is 31.4 Å². The normalized spacial score (nSPS) is 20.1. The Kier molecular flexibility index (Phi) is 5.86. The van der Waals surface area contributed by atoms with Crippen LogP contribution in [0.3, 0.4) is 0 Å². The molecule has 20 heavy (non-hydrogen) atoms. The molecule has 1 aliphatic rings. The summed E-state index contributed by atoms with van der Waals surface area (Å²) < 4.78 is 5.77. The molecular weight excluding hydrogens is 248 g/mol. The van der Waals surface area contributed by atoms with Gasteiger partial charge in [0.05, 0.1) is 6.10 Å². The summed E-state index contributed by atoms with van der Waals surface area (Å²) in [4.78, 5) is 2.49. The van der Waals surface area contributed by atoms with E-state index in [2.05, 4.69) is 49.3 Å². The molecule has 3 heteroatoms. The van der Waals surface area contributed by atoms with E-state index in [0.717, 1.165) is 18.8 Å². The highest BCUT2D eigenvalue weighted by Gasteiger charge is 2.16. The number of nitrogens with zero attached hydrogens (tertiary/aromatic N) is 1. The number of benzene rings is 1. The van der Waals surface area contributed by atoms with Gasteiger partial charge in [-0.05, 0) is 70.9 Å². The lowest BCUT2D eigenvalue weighted by Crippen LogP contribution is -2.32. The molecule has 1 saturated heterocycles. The monoisotopic (exact) mass is 276 g/mol. The summed E-state index contributed by atoms with van der Waals surface area (Å²) in [6.07, 6.45) is 4.06. The van der Waals surface area contributed by atoms with Crippen molar-refractivity contribution in [1.82, 2.24) is 10.2 Å². The van der Waals surface area contributed by atoms with Gasteiger partial charge in [0.15, 0.2) is 0 Å². The Balaban J connectivity index is 1.94. The van der Waals surface area contributed by atoms with Gasteiger partial charge in [-0.15, -0.1) is 0 Å². The van der Waals surface area contributed by atoms with Gasteiger partial charge in [0, 0.05) is 12.6 Å². The fourth-order valence-electron chi connectivity index (χ4n) is 2.85. The fraction of sp³-hybridized carbons (Fsp3) is 0.647. The van der Waals surface area contributed by atoms with Crippen LogP contribution < -0.4 is 10.1 Å². The van der Waals surface area contributed by atoms with Crippen LogP contribution in [-0.4, -0.2) is 37.2 Å². The molecule has 0 bridgehead atoms. The van der Waals surface area contributed by atoms with Crippen molar-refractivity contribution in [1.29, 1.82) is 0 Å². The molecule has 0 aromatic heterocycles. The van der Waals surface area contributed by atoms with Crippen LogP contribution in [0.2, 0.25) is 0 Å². The minimum absolute atomic E-state index is 0.232. The largest absolute Gasteiger partial charge is 0.491 e. The quantitative estimate of drug-likeness (QED) is 0.894. The maximum atomic E-state index is 5.77. The second-order valence-corrected chi connectivity index (χ2v) is 6.06. The van der Waals surface area contributed by atoms with Gasteiger partial charge in [0.2, 0.25) is 0 Å². The van der Waals surface area contributed by atoms with Crippen molar-refractivity contribution in [3.05, 3.63) is 29.8 Å². The van der Waals surface area contributed by atoms with E-state index in [-0.39, 0.29) is 6.10 Å². The van der Waals surface area contributed by atoms with Crippen molar-refractivity contribution < 1.29 is 4.74 Å². The van der Waals surface area contributed by atoms with Crippen molar-refractivity contribution in [2.75, 3.05) is 20.1 Å². The maximum absolute atomic E-state index is 5.77. The predicted molar refractivity (Wildman–Crippen MR) is 84.2 cm³/mol. The van der Waals surface area contributed by atoms with Crippen molar-refractivity contribution in [3.8, 4) is 5.75 Å². The standard InChI is InChI=1S/C17H28N2O/c1-14(2)20-17-8-4-6-15(12-17)13-19(3)16-7-5-10-18-11-9-16/h4,6,8,12,14,16,18H,5,7,9-11,13H2,1-3H3. The predicted octanol–water partition coefficient (Wildman–Crippen LogP) is 3.05. The van der Waals surface area contributed by atoms with E-state index in [9.17, 15) is 0 Å². The molecule has 1 heterocycles. The van der Waals surface area contributed by atoms with Crippen LogP contribution >= 0.6 is 0 Å². The van der Waals surface area contributed by atoms with Crippen LogP contribution in [0.4, 0.5) is 0 Å². The second-order valence-electron chi connectivity index (χ2n) is 6.06. The summed E-state index contributed by atoms with van der Waals surface area (Å²) in [5.74, 6) is 0.980. The van der Waals surface area contributed by atoms with Gasteiger partial charge >= 0.3 is 0 Å². The molecule has 3 nitrogen and oxygen atoms in total. The summed E-state index contributed by atoms with van der Waals surface area (Å²) in [6, 6.07) is 9.19. The SMILES string of the molecule is CC(C)Oc1cccc(CN(C)C2CCCNCC2)c1. The Bertz CT molecular complexity index is 398. The third-order valence-corrected chi connectivity index (χ3v) is 3.87. The molecule has 1 aromatic carbocycles. The van der Waals surface area contributed by atoms with Crippen LogP contribution in [0, 0.1) is 0 Å². The topological polar surface area (TPSA) is 24.5 Å². The smallest absolute Gasteiger partial charge is 0.120 e. The fourth-order valence-corrected chi connectivity index (χ4v) is 2.85. The highest BCUT2D eigenvalue weighted by atomic mass is 16.5. The van der Waals surface area contributed by atoms with Crippen LogP contribution in [0.1, 0.15) is 38.7 Å². The third-order valence-electron chi connectivity index (χ3n) is 3.87. The van der Waals surface area contributed by atoms with Gasteiger partial charge in [0.25, 0.3) is 0 Å². The first-order chi connectivity index (χ1) is 9.65. The van der Waals surface area contributed by atoms with E-state index in [1.54, 1.807) is 0 Å². The average Bonchev–Trinajstić information content (AvgIpc) is 2.67. The summed E-state index contributed by atoms with van der Waals surface area (Å²) in [5.41, 5.74) is 1.34. The number of nitrogens with one attached hydrogen (secondary N) is 1. The van der Waals surface area contributed by atoms with Crippen LogP contribution in [-0.2, 0) is 6.54 Å². The van der Waals surface area contributed by atoms with Crippen molar-refractivity contribution >= 4 is 0 Å². The van der Waals surface area contributed by atoms with Crippen LogP contribution in [0.25, 0.3) is 0 Å². The Hall–Kier alpha value is -1.06. The second kappa shape index (κ2) is 7.65. The molecule has 0 saturated carbocycles. The summed E-state index contributed by atoms with van der Waals surface area (Å²) in [6.45, 7) is 7.45. The van der Waals surface area contributed by atoms with Gasteiger partial charge in [-0.25, -0.2) is 0 Å². The van der Waals surface area contributed by atoms with Gasteiger partial charge in [-0.2, -0.15) is 0 Å². The minimum atomic E-state index is 0.232. The first-order valence-electron chi connectivity index (χ1n) is 7.81. The first-order valence-corrected chi connectivity index (χ1v) is 7.81. The molecule has 1 aromatic rings. The van der Waals surface area contributed by atoms with Crippen molar-refractivity contribution in [3.63, 3.8) is 0 Å². The zero-order chi connectivity index (χ0) is 14.4. The Morgan fingerprint density at radius 2 is 2.15 bits per heavy atom. The average molecular weight is 276 g/mol. The Morgan fingerprint density at radius 3 is 2.95 bits per heavy atom. The number of ether oxygens (including phenoxy) is 1. The van der Waals surface area contributed by atoms with Gasteiger partial charge in [0.1, 0.15) is 5.75 Å². The third kappa shape index (κ3) is 4.80. The lowest BCUT2D eigenvalue weighted by atomic mass is 10.1. The maximum Gasteiger partial charge on any atom is 0.120 e. The zero-order valence-corrected chi connectivity index (χ0v) is 13.1. The molecular formula is C17H28N2O. The van der Waals surface area contributed by atoms with Crippen LogP contribution in [0.15, 0.2) is 24.3 Å². The van der Waals surface area contributed by atoms with Crippen LogP contribution in [0.5, 0.6) is 5.75 Å². The van der Waals surface area contributed by atoms with E-state index in [0.29, 0.717) is 6.04 Å². The summed E-state index contributed by atoms with van der Waals surface area (Å²) in [5, 5.41) is 3.48. The van der Waals surface area contributed by atoms with E-state index in [1.807, 2.05) is 6.07 Å². The van der Waals surface area contributed by atoms with Crippen molar-refractivity contribution in [2.24, 2.45) is 0 Å². The van der Waals surface area contributed by atoms with E-state index < -0.39 is 0 Å². The lowest BCUT2D eigenvalue weighted by molar-refractivity contribution is 0.215. The molecule has 1 fully saturated rings. The molecule has 2 rings (SSSR count). The lowest BCUT2D eigenvalue weighted by Gasteiger charge is -2.27. The first kappa shape index (κ1) is 15.3. The van der Waals surface area contributed by atoms with Crippen molar-refractivity contribution in [2.45, 2.75) is 51.8 Å². The van der Waals surface area contributed by atoms with Gasteiger partial charge < -0.3 is 10.1 Å².